The molecule has 0 bridgehead atoms. The van der Waals surface area contributed by atoms with E-state index in [1.165, 1.54) is 0 Å². The van der Waals surface area contributed by atoms with Crippen molar-refractivity contribution in [3.8, 4) is 17.2 Å². The van der Waals surface area contributed by atoms with Gasteiger partial charge in [0, 0.05) is 23.2 Å². The Morgan fingerprint density at radius 3 is 2.73 bits per heavy atom. The first-order chi connectivity index (χ1) is 16.2. The van der Waals surface area contributed by atoms with Gasteiger partial charge in [-0.2, -0.15) is 0 Å². The molecule has 7 nitrogen and oxygen atoms in total. The smallest absolute Gasteiger partial charge is 0.251 e. The fourth-order valence-corrected chi connectivity index (χ4v) is 4.11. The molecule has 4 rings (SSSR count). The summed E-state index contributed by atoms with van der Waals surface area (Å²) >= 11 is 0. The minimum absolute atomic E-state index is 0.104. The van der Waals surface area contributed by atoms with Gasteiger partial charge in [0.1, 0.15) is 5.75 Å². The molecule has 3 N–H and O–H groups in total. The summed E-state index contributed by atoms with van der Waals surface area (Å²) in [6.45, 7) is 1.03. The van der Waals surface area contributed by atoms with Crippen LogP contribution in [0.4, 0.5) is 0 Å². The van der Waals surface area contributed by atoms with E-state index >= 15 is 0 Å². The summed E-state index contributed by atoms with van der Waals surface area (Å²) in [4.78, 5) is 17.2. The number of pyridine rings is 1. The number of ether oxygens (including phenoxy) is 3. The third-order valence-corrected chi connectivity index (χ3v) is 5.92. The van der Waals surface area contributed by atoms with Crippen LogP contribution in [0.25, 0.3) is 10.9 Å². The maximum Gasteiger partial charge on any atom is 0.251 e. The van der Waals surface area contributed by atoms with Gasteiger partial charge >= 0.3 is 0 Å². The predicted molar refractivity (Wildman–Crippen MR) is 128 cm³/mol. The molecule has 1 saturated carbocycles. The highest BCUT2D eigenvalue weighted by atomic mass is 16.5. The number of nitrogens with one attached hydrogen (secondary N) is 1. The molecule has 1 aliphatic rings. The molecule has 0 aliphatic heterocycles. The van der Waals surface area contributed by atoms with Crippen molar-refractivity contribution in [3.63, 3.8) is 0 Å². The Morgan fingerprint density at radius 1 is 1.09 bits per heavy atom. The van der Waals surface area contributed by atoms with E-state index in [9.17, 15) is 4.79 Å². The van der Waals surface area contributed by atoms with Crippen molar-refractivity contribution >= 4 is 16.8 Å². The van der Waals surface area contributed by atoms with Crippen molar-refractivity contribution in [1.29, 1.82) is 0 Å². The van der Waals surface area contributed by atoms with Crippen LogP contribution in [0.1, 0.15) is 42.5 Å². The van der Waals surface area contributed by atoms with E-state index in [1.807, 2.05) is 30.3 Å². The van der Waals surface area contributed by atoms with Gasteiger partial charge in [-0.3, -0.25) is 9.78 Å². The second-order valence-corrected chi connectivity index (χ2v) is 8.28. The maximum absolute atomic E-state index is 12.8. The first kappa shape index (κ1) is 22.9. The molecule has 3 aromatic rings. The normalized spacial score (nSPS) is 18.0. The minimum Gasteiger partial charge on any atom is -0.493 e. The summed E-state index contributed by atoms with van der Waals surface area (Å²) in [6, 6.07) is 15.3. The first-order valence-electron chi connectivity index (χ1n) is 11.5. The Bertz CT molecular complexity index is 1080. The van der Waals surface area contributed by atoms with Crippen molar-refractivity contribution in [2.45, 2.75) is 44.2 Å². The van der Waals surface area contributed by atoms with E-state index in [0.29, 0.717) is 30.2 Å². The van der Waals surface area contributed by atoms with Crippen LogP contribution in [-0.4, -0.2) is 43.3 Å². The zero-order valence-electron chi connectivity index (χ0n) is 19.0. The van der Waals surface area contributed by atoms with Crippen LogP contribution in [0, 0.1) is 0 Å². The summed E-state index contributed by atoms with van der Waals surface area (Å²) in [7, 11) is 1.58. The van der Waals surface area contributed by atoms with Gasteiger partial charge in [-0.15, -0.1) is 0 Å². The summed E-state index contributed by atoms with van der Waals surface area (Å²) in [5, 5.41) is 4.23. The average molecular weight is 450 g/mol. The Labute approximate surface area is 194 Å². The van der Waals surface area contributed by atoms with E-state index in [0.717, 1.165) is 48.8 Å². The molecule has 0 unspecified atom stereocenters. The standard InChI is InChI=1S/C26H31N3O4/c1-31-24-12-5-19(17-25(24)32-15-3-13-27)26(30)29-20-6-8-21(9-7-20)33-22-10-11-23-18(16-22)4-2-14-28-23/h2,4-5,10-12,14,16-17,20-21H,3,6-9,13,15,27H2,1H3,(H,29,30). The quantitative estimate of drug-likeness (QED) is 0.478. The van der Waals surface area contributed by atoms with Crippen LogP contribution in [0.3, 0.4) is 0 Å². The molecule has 1 aromatic heterocycles. The van der Waals surface area contributed by atoms with Gasteiger partial charge in [-0.25, -0.2) is 0 Å². The van der Waals surface area contributed by atoms with Gasteiger partial charge in [0.25, 0.3) is 5.91 Å². The molecule has 2 aromatic carbocycles. The molecule has 1 fully saturated rings. The lowest BCUT2D eigenvalue weighted by Gasteiger charge is -2.29. The van der Waals surface area contributed by atoms with Gasteiger partial charge < -0.3 is 25.3 Å². The second kappa shape index (κ2) is 11.0. The van der Waals surface area contributed by atoms with Gasteiger partial charge in [-0.1, -0.05) is 6.07 Å². The van der Waals surface area contributed by atoms with Crippen LogP contribution in [0.15, 0.2) is 54.7 Å². The van der Waals surface area contributed by atoms with Crippen LogP contribution in [-0.2, 0) is 0 Å². The number of methoxy groups -OCH3 is 1. The highest BCUT2D eigenvalue weighted by Gasteiger charge is 2.24. The van der Waals surface area contributed by atoms with Crippen molar-refractivity contribution in [2.24, 2.45) is 5.73 Å². The van der Waals surface area contributed by atoms with Crippen molar-refractivity contribution in [3.05, 3.63) is 60.3 Å². The maximum atomic E-state index is 12.8. The van der Waals surface area contributed by atoms with E-state index in [4.69, 9.17) is 19.9 Å². The zero-order chi connectivity index (χ0) is 23.0. The number of carbonyl (C=O) groups excluding carboxylic acids is 1. The number of hydrogen-bond donors (Lipinski definition) is 2. The molecule has 0 saturated heterocycles. The van der Waals surface area contributed by atoms with Gasteiger partial charge in [0.2, 0.25) is 0 Å². The molecule has 1 aliphatic carbocycles. The highest BCUT2D eigenvalue weighted by Crippen LogP contribution is 2.29. The number of rotatable bonds is 9. The molecule has 0 atom stereocenters. The largest absolute Gasteiger partial charge is 0.493 e. The van der Waals surface area contributed by atoms with E-state index in [-0.39, 0.29) is 18.1 Å². The molecular weight excluding hydrogens is 418 g/mol. The second-order valence-electron chi connectivity index (χ2n) is 8.28. The van der Waals surface area contributed by atoms with Gasteiger partial charge in [-0.05, 0) is 81.1 Å². The Balaban J connectivity index is 1.30. The van der Waals surface area contributed by atoms with Crippen molar-refractivity contribution < 1.29 is 19.0 Å². The zero-order valence-corrected chi connectivity index (χ0v) is 19.0. The lowest BCUT2D eigenvalue weighted by molar-refractivity contribution is 0.0893. The molecule has 174 valence electrons. The summed E-state index contributed by atoms with van der Waals surface area (Å²) in [5.74, 6) is 1.92. The Hall–Kier alpha value is -3.32. The molecular formula is C26H31N3O4. The average Bonchev–Trinajstić information content (AvgIpc) is 2.85. The summed E-state index contributed by atoms with van der Waals surface area (Å²) < 4.78 is 17.3. The SMILES string of the molecule is COc1ccc(C(=O)NC2CCC(Oc3ccc4ncccc4c3)CC2)cc1OCCCN. The van der Waals surface area contributed by atoms with Crippen molar-refractivity contribution in [1.82, 2.24) is 10.3 Å². The highest BCUT2D eigenvalue weighted by molar-refractivity contribution is 5.95. The molecule has 33 heavy (non-hydrogen) atoms. The van der Waals surface area contributed by atoms with Crippen LogP contribution in [0.5, 0.6) is 17.2 Å². The topological polar surface area (TPSA) is 95.7 Å². The number of aromatic nitrogens is 1. The third-order valence-electron chi connectivity index (χ3n) is 5.92. The lowest BCUT2D eigenvalue weighted by atomic mass is 9.92. The lowest BCUT2D eigenvalue weighted by Crippen LogP contribution is -2.39. The van der Waals surface area contributed by atoms with Gasteiger partial charge in [0.15, 0.2) is 11.5 Å². The Morgan fingerprint density at radius 2 is 1.94 bits per heavy atom. The number of carbonyl (C=O) groups is 1. The number of benzene rings is 2. The van der Waals surface area contributed by atoms with Gasteiger partial charge in [0.05, 0.1) is 25.3 Å². The molecule has 1 heterocycles. The monoisotopic (exact) mass is 449 g/mol. The molecule has 0 spiro atoms. The predicted octanol–water partition coefficient (Wildman–Crippen LogP) is 4.09. The van der Waals surface area contributed by atoms with E-state index in [1.54, 1.807) is 31.5 Å². The third kappa shape index (κ3) is 5.93. The Kier molecular flexibility index (Phi) is 7.62. The fourth-order valence-electron chi connectivity index (χ4n) is 4.11. The molecule has 1 amide bonds. The molecule has 7 heteroatoms. The number of nitrogens with two attached hydrogens (primary N) is 1. The first-order valence-corrected chi connectivity index (χ1v) is 11.5. The fraction of sp³-hybridized carbons (Fsp3) is 0.385. The number of nitrogens with zero attached hydrogens (tertiary/aromatic N) is 1. The number of amides is 1. The van der Waals surface area contributed by atoms with Crippen LogP contribution in [0.2, 0.25) is 0 Å². The van der Waals surface area contributed by atoms with Crippen LogP contribution >= 0.6 is 0 Å². The van der Waals surface area contributed by atoms with Crippen LogP contribution < -0.4 is 25.3 Å². The summed E-state index contributed by atoms with van der Waals surface area (Å²) in [6.07, 6.45) is 6.22. The van der Waals surface area contributed by atoms with Crippen molar-refractivity contribution in [2.75, 3.05) is 20.3 Å². The summed E-state index contributed by atoms with van der Waals surface area (Å²) in [5.41, 5.74) is 7.05. The van der Waals surface area contributed by atoms with E-state index < -0.39 is 0 Å². The molecule has 0 radical (unpaired) electrons. The number of hydrogen-bond acceptors (Lipinski definition) is 6. The van der Waals surface area contributed by atoms with E-state index in [2.05, 4.69) is 10.3 Å². The number of fused-ring (bicyclic) bond motifs is 1. The minimum atomic E-state index is -0.104.